The van der Waals surface area contributed by atoms with Crippen LogP contribution in [0.25, 0.3) is 0 Å². The summed E-state index contributed by atoms with van der Waals surface area (Å²) in [6, 6.07) is 0.791. The Morgan fingerprint density at radius 1 is 1.13 bits per heavy atom. The van der Waals surface area contributed by atoms with Gasteiger partial charge in [-0.3, -0.25) is 0 Å². The molecule has 3 nitrogen and oxygen atoms in total. The molecule has 0 atom stereocenters. The van der Waals surface area contributed by atoms with Crippen LogP contribution >= 0.6 is 37.2 Å². The first-order valence-corrected chi connectivity index (χ1v) is 4.83. The van der Waals surface area contributed by atoms with Crippen molar-refractivity contribution in [3.8, 4) is 0 Å². The zero-order valence-corrected chi connectivity index (χ0v) is 12.0. The van der Waals surface area contributed by atoms with Gasteiger partial charge in [0, 0.05) is 19.1 Å². The number of nitrogens with two attached hydrogens (primary N) is 1. The number of hydrogen-bond acceptors (Lipinski definition) is 3. The maximum absolute atomic E-state index is 5.50. The van der Waals surface area contributed by atoms with Crippen molar-refractivity contribution < 1.29 is 0 Å². The Labute approximate surface area is 112 Å². The van der Waals surface area contributed by atoms with Crippen molar-refractivity contribution in [2.75, 3.05) is 40.3 Å². The van der Waals surface area contributed by atoms with Crippen molar-refractivity contribution in [1.82, 2.24) is 9.80 Å². The summed E-state index contributed by atoms with van der Waals surface area (Å²) >= 11 is 0. The summed E-state index contributed by atoms with van der Waals surface area (Å²) in [4.78, 5) is 4.79. The third-order valence-electron chi connectivity index (χ3n) is 2.73. The van der Waals surface area contributed by atoms with E-state index in [4.69, 9.17) is 5.73 Å². The molecular formula is C9H24Cl3N3. The molecule has 1 fully saturated rings. The Morgan fingerprint density at radius 2 is 1.60 bits per heavy atom. The minimum absolute atomic E-state index is 0. The molecule has 0 spiro atoms. The normalized spacial score (nSPS) is 17.6. The van der Waals surface area contributed by atoms with E-state index in [-0.39, 0.29) is 37.2 Å². The van der Waals surface area contributed by atoms with E-state index in [2.05, 4.69) is 23.9 Å². The lowest BCUT2D eigenvalue weighted by Crippen LogP contribution is -2.43. The molecule has 0 aromatic carbocycles. The van der Waals surface area contributed by atoms with Crippen molar-refractivity contribution in [3.05, 3.63) is 0 Å². The van der Waals surface area contributed by atoms with Crippen LogP contribution in [0.4, 0.5) is 0 Å². The van der Waals surface area contributed by atoms with Crippen molar-refractivity contribution in [1.29, 1.82) is 0 Å². The average Bonchev–Trinajstić information content (AvgIpc) is 2.06. The van der Waals surface area contributed by atoms with Gasteiger partial charge in [-0.25, -0.2) is 0 Å². The van der Waals surface area contributed by atoms with Crippen molar-refractivity contribution in [2.24, 2.45) is 5.73 Å². The van der Waals surface area contributed by atoms with Crippen LogP contribution in [0.2, 0.25) is 0 Å². The average molecular weight is 281 g/mol. The largest absolute Gasteiger partial charge is 0.329 e. The molecule has 2 N–H and O–H groups in total. The van der Waals surface area contributed by atoms with Crippen molar-refractivity contribution in [2.45, 2.75) is 18.9 Å². The van der Waals surface area contributed by atoms with Gasteiger partial charge >= 0.3 is 0 Å². The van der Waals surface area contributed by atoms with Crippen LogP contribution in [-0.2, 0) is 0 Å². The second-order valence-electron chi connectivity index (χ2n) is 3.83. The molecule has 96 valence electrons. The minimum atomic E-state index is 0. The summed E-state index contributed by atoms with van der Waals surface area (Å²) in [7, 11) is 4.34. The number of likely N-dealkylation sites (tertiary alicyclic amines) is 1. The number of piperidine rings is 1. The number of nitrogens with zero attached hydrogens (tertiary/aromatic N) is 2. The lowest BCUT2D eigenvalue weighted by Gasteiger charge is -2.34. The minimum Gasteiger partial charge on any atom is -0.329 e. The van der Waals surface area contributed by atoms with Crippen LogP contribution < -0.4 is 5.73 Å². The molecule has 0 saturated carbocycles. The molecule has 0 aliphatic carbocycles. The highest BCUT2D eigenvalue weighted by molar-refractivity contribution is 5.86. The number of halogens is 3. The quantitative estimate of drug-likeness (QED) is 0.844. The fourth-order valence-corrected chi connectivity index (χ4v) is 1.84. The second-order valence-corrected chi connectivity index (χ2v) is 3.83. The highest BCUT2D eigenvalue weighted by Gasteiger charge is 2.19. The fraction of sp³-hybridized carbons (Fsp3) is 1.00. The molecule has 1 aliphatic heterocycles. The highest BCUT2D eigenvalue weighted by atomic mass is 35.5. The highest BCUT2D eigenvalue weighted by Crippen LogP contribution is 2.13. The molecule has 0 radical (unpaired) electrons. The molecule has 0 unspecified atom stereocenters. The number of hydrogen-bond donors (Lipinski definition) is 1. The molecule has 6 heteroatoms. The molecule has 1 rings (SSSR count). The molecule has 1 saturated heterocycles. The third kappa shape index (κ3) is 7.61. The molecule has 15 heavy (non-hydrogen) atoms. The lowest BCUT2D eigenvalue weighted by molar-refractivity contribution is 0.148. The summed E-state index contributed by atoms with van der Waals surface area (Å²) in [6.45, 7) is 4.31. The van der Waals surface area contributed by atoms with Crippen LogP contribution in [0.15, 0.2) is 0 Å². The summed E-state index contributed by atoms with van der Waals surface area (Å²) < 4.78 is 0. The maximum atomic E-state index is 5.50. The van der Waals surface area contributed by atoms with E-state index in [1.165, 1.54) is 25.9 Å². The smallest absolute Gasteiger partial charge is 0.0113 e. The van der Waals surface area contributed by atoms with Crippen LogP contribution in [-0.4, -0.2) is 56.1 Å². The Morgan fingerprint density at radius 3 is 1.93 bits per heavy atom. The Hall–Kier alpha value is 0.750. The third-order valence-corrected chi connectivity index (χ3v) is 2.73. The molecule has 0 aromatic heterocycles. The summed E-state index contributed by atoms with van der Waals surface area (Å²) in [5, 5.41) is 0. The lowest BCUT2D eigenvalue weighted by atomic mass is 10.0. The fourth-order valence-electron chi connectivity index (χ4n) is 1.84. The van der Waals surface area contributed by atoms with Crippen LogP contribution in [0.1, 0.15) is 12.8 Å². The van der Waals surface area contributed by atoms with Crippen molar-refractivity contribution in [3.63, 3.8) is 0 Å². The summed E-state index contributed by atoms with van der Waals surface area (Å²) in [5.74, 6) is 0. The van der Waals surface area contributed by atoms with E-state index in [9.17, 15) is 0 Å². The molecule has 1 heterocycles. The molecule has 0 aromatic rings. The van der Waals surface area contributed by atoms with Gasteiger partial charge < -0.3 is 15.5 Å². The molecule has 0 amide bonds. The zero-order chi connectivity index (χ0) is 8.97. The van der Waals surface area contributed by atoms with E-state index >= 15 is 0 Å². The Bertz CT molecular complexity index is 128. The van der Waals surface area contributed by atoms with Gasteiger partial charge in [-0.15, -0.1) is 37.2 Å². The van der Waals surface area contributed by atoms with E-state index in [0.717, 1.165) is 19.1 Å². The van der Waals surface area contributed by atoms with Gasteiger partial charge in [0.2, 0.25) is 0 Å². The topological polar surface area (TPSA) is 32.5 Å². The maximum Gasteiger partial charge on any atom is 0.0113 e. The predicted octanol–water partition coefficient (Wildman–Crippen LogP) is 1.24. The van der Waals surface area contributed by atoms with E-state index in [1.54, 1.807) is 0 Å². The van der Waals surface area contributed by atoms with E-state index in [1.807, 2.05) is 0 Å². The predicted molar refractivity (Wildman–Crippen MR) is 73.9 cm³/mol. The number of rotatable bonds is 3. The monoisotopic (exact) mass is 279 g/mol. The SMILES string of the molecule is CN(C)C1CCN(CCN)CC1.Cl.Cl.Cl. The molecular weight excluding hydrogens is 256 g/mol. The van der Waals surface area contributed by atoms with Gasteiger partial charge in [-0.2, -0.15) is 0 Å². The first-order valence-electron chi connectivity index (χ1n) is 4.83. The van der Waals surface area contributed by atoms with Gasteiger partial charge in [-0.05, 0) is 40.0 Å². The van der Waals surface area contributed by atoms with E-state index in [0.29, 0.717) is 0 Å². The van der Waals surface area contributed by atoms with Crippen LogP contribution in [0, 0.1) is 0 Å². The van der Waals surface area contributed by atoms with Gasteiger partial charge in [0.05, 0.1) is 0 Å². The van der Waals surface area contributed by atoms with Crippen molar-refractivity contribution >= 4 is 37.2 Å². The van der Waals surface area contributed by atoms with Gasteiger partial charge in [-0.1, -0.05) is 0 Å². The molecule has 1 aliphatic rings. The Kier molecular flexibility index (Phi) is 15.8. The first kappa shape index (κ1) is 21.1. The standard InChI is InChI=1S/C9H21N3.3ClH/c1-11(2)9-3-6-12(7-4-9)8-5-10;;;/h9H,3-8,10H2,1-2H3;3*1H. The van der Waals surface area contributed by atoms with Crippen LogP contribution in [0.3, 0.4) is 0 Å². The summed E-state index contributed by atoms with van der Waals surface area (Å²) in [6.07, 6.45) is 2.60. The molecule has 0 bridgehead atoms. The second kappa shape index (κ2) is 11.2. The Balaban J connectivity index is -0.000000480. The van der Waals surface area contributed by atoms with Gasteiger partial charge in [0.25, 0.3) is 0 Å². The summed E-state index contributed by atoms with van der Waals surface area (Å²) in [5.41, 5.74) is 5.50. The zero-order valence-electron chi connectivity index (χ0n) is 9.52. The van der Waals surface area contributed by atoms with Crippen LogP contribution in [0.5, 0.6) is 0 Å². The van der Waals surface area contributed by atoms with Gasteiger partial charge in [0.15, 0.2) is 0 Å². The first-order chi connectivity index (χ1) is 5.74. The van der Waals surface area contributed by atoms with E-state index < -0.39 is 0 Å². The van der Waals surface area contributed by atoms with Gasteiger partial charge in [0.1, 0.15) is 0 Å².